The third-order valence-electron chi connectivity index (χ3n) is 3.77. The predicted octanol–water partition coefficient (Wildman–Crippen LogP) is 2.22. The van der Waals surface area contributed by atoms with Crippen molar-refractivity contribution in [1.29, 1.82) is 0 Å². The molecular weight excluding hydrogens is 290 g/mol. The molecule has 114 valence electrons. The minimum absolute atomic E-state index is 0.0550. The lowest BCUT2D eigenvalue weighted by atomic mass is 10.0. The van der Waals surface area contributed by atoms with E-state index in [1.54, 1.807) is 17.0 Å². The standard InChI is InChI=1S/C14H19N3O3S/c1-15-9-7-11(8-10-15)16(2)13(18)5-3-12-4-6-14(21-12)17(19)20/h3-6,11H,7-10H2,1-2H3/b5-3+. The van der Waals surface area contributed by atoms with Gasteiger partial charge in [0.15, 0.2) is 0 Å². The second kappa shape index (κ2) is 6.82. The minimum atomic E-state index is -0.422. The number of piperidine rings is 1. The molecule has 6 nitrogen and oxygen atoms in total. The van der Waals surface area contributed by atoms with Crippen LogP contribution in [0.1, 0.15) is 17.7 Å². The molecule has 0 radical (unpaired) electrons. The highest BCUT2D eigenvalue weighted by Gasteiger charge is 2.22. The molecule has 7 heteroatoms. The van der Waals surface area contributed by atoms with Gasteiger partial charge in [0.1, 0.15) is 0 Å². The number of amides is 1. The van der Waals surface area contributed by atoms with Gasteiger partial charge in [0.25, 0.3) is 0 Å². The van der Waals surface area contributed by atoms with Gasteiger partial charge in [-0.15, -0.1) is 0 Å². The molecule has 1 fully saturated rings. The van der Waals surface area contributed by atoms with Crippen LogP contribution in [0.2, 0.25) is 0 Å². The normalized spacial score (nSPS) is 17.2. The second-order valence-electron chi connectivity index (χ2n) is 5.25. The highest BCUT2D eigenvalue weighted by Crippen LogP contribution is 2.25. The largest absolute Gasteiger partial charge is 0.339 e. The molecule has 0 atom stereocenters. The number of hydrogen-bond acceptors (Lipinski definition) is 5. The van der Waals surface area contributed by atoms with E-state index in [1.165, 1.54) is 12.1 Å². The zero-order valence-corrected chi connectivity index (χ0v) is 13.0. The number of thiophene rings is 1. The molecule has 1 aliphatic heterocycles. The number of likely N-dealkylation sites (N-methyl/N-ethyl adjacent to an activating group) is 1. The molecule has 1 aromatic rings. The summed E-state index contributed by atoms with van der Waals surface area (Å²) < 4.78 is 0. The smallest absolute Gasteiger partial charge is 0.324 e. The first-order chi connectivity index (χ1) is 9.97. The molecule has 0 aliphatic carbocycles. The third kappa shape index (κ3) is 4.12. The Morgan fingerprint density at radius 2 is 2.14 bits per heavy atom. The van der Waals surface area contributed by atoms with E-state index in [9.17, 15) is 14.9 Å². The summed E-state index contributed by atoms with van der Waals surface area (Å²) in [6.07, 6.45) is 5.10. The van der Waals surface area contributed by atoms with E-state index in [-0.39, 0.29) is 17.0 Å². The maximum absolute atomic E-state index is 12.1. The van der Waals surface area contributed by atoms with Gasteiger partial charge in [0, 0.05) is 30.1 Å². The fraction of sp³-hybridized carbons (Fsp3) is 0.500. The molecule has 0 unspecified atom stereocenters. The van der Waals surface area contributed by atoms with E-state index >= 15 is 0 Å². The first-order valence-corrected chi connectivity index (χ1v) is 7.66. The predicted molar refractivity (Wildman–Crippen MR) is 83.3 cm³/mol. The Bertz CT molecular complexity index is 547. The summed E-state index contributed by atoms with van der Waals surface area (Å²) in [7, 11) is 3.90. The lowest BCUT2D eigenvalue weighted by molar-refractivity contribution is -0.380. The lowest BCUT2D eigenvalue weighted by Crippen LogP contribution is -2.43. The van der Waals surface area contributed by atoms with Crippen LogP contribution in [0.5, 0.6) is 0 Å². The Kier molecular flexibility index (Phi) is 5.08. The van der Waals surface area contributed by atoms with Gasteiger partial charge in [-0.2, -0.15) is 0 Å². The van der Waals surface area contributed by atoms with Crippen LogP contribution in [0.3, 0.4) is 0 Å². The van der Waals surface area contributed by atoms with Gasteiger partial charge in [-0.3, -0.25) is 14.9 Å². The molecule has 0 spiro atoms. The summed E-state index contributed by atoms with van der Waals surface area (Å²) in [5.74, 6) is -0.0550. The van der Waals surface area contributed by atoms with Crippen LogP contribution < -0.4 is 0 Å². The van der Waals surface area contributed by atoms with Crippen LogP contribution >= 0.6 is 11.3 Å². The van der Waals surface area contributed by atoms with Gasteiger partial charge in [0.2, 0.25) is 5.91 Å². The van der Waals surface area contributed by atoms with Crippen molar-refractivity contribution in [2.75, 3.05) is 27.2 Å². The Balaban J connectivity index is 1.93. The number of hydrogen-bond donors (Lipinski definition) is 0. The van der Waals surface area contributed by atoms with Crippen molar-refractivity contribution in [3.05, 3.63) is 33.2 Å². The van der Waals surface area contributed by atoms with Crippen molar-refractivity contribution in [2.45, 2.75) is 18.9 Å². The fourth-order valence-electron chi connectivity index (χ4n) is 2.36. The number of likely N-dealkylation sites (tertiary alicyclic amines) is 1. The van der Waals surface area contributed by atoms with Crippen LogP contribution in [0.4, 0.5) is 5.00 Å². The van der Waals surface area contributed by atoms with Gasteiger partial charge in [-0.05, 0) is 45.1 Å². The third-order valence-corrected chi connectivity index (χ3v) is 4.77. The Hall–Kier alpha value is -1.73. The molecule has 1 amide bonds. The first kappa shape index (κ1) is 15.7. The highest BCUT2D eigenvalue weighted by molar-refractivity contribution is 7.16. The van der Waals surface area contributed by atoms with E-state index in [4.69, 9.17) is 0 Å². The van der Waals surface area contributed by atoms with Crippen molar-refractivity contribution >= 4 is 28.3 Å². The number of rotatable bonds is 4. The molecule has 0 aromatic carbocycles. The lowest BCUT2D eigenvalue weighted by Gasteiger charge is -2.34. The molecule has 1 aliphatic rings. The average molecular weight is 309 g/mol. The Morgan fingerprint density at radius 1 is 1.48 bits per heavy atom. The molecule has 2 rings (SSSR count). The van der Waals surface area contributed by atoms with E-state index in [0.717, 1.165) is 37.3 Å². The monoisotopic (exact) mass is 309 g/mol. The van der Waals surface area contributed by atoms with Gasteiger partial charge in [-0.1, -0.05) is 11.3 Å². The van der Waals surface area contributed by atoms with Crippen molar-refractivity contribution < 1.29 is 9.72 Å². The van der Waals surface area contributed by atoms with Crippen molar-refractivity contribution in [1.82, 2.24) is 9.80 Å². The highest BCUT2D eigenvalue weighted by atomic mass is 32.1. The van der Waals surface area contributed by atoms with E-state index in [0.29, 0.717) is 4.88 Å². The molecule has 0 N–H and O–H groups in total. The van der Waals surface area contributed by atoms with E-state index in [1.807, 2.05) is 7.05 Å². The minimum Gasteiger partial charge on any atom is -0.339 e. The van der Waals surface area contributed by atoms with Crippen LogP contribution in [-0.2, 0) is 4.79 Å². The van der Waals surface area contributed by atoms with Gasteiger partial charge in [-0.25, -0.2) is 0 Å². The number of carbonyl (C=O) groups is 1. The van der Waals surface area contributed by atoms with Crippen molar-refractivity contribution in [3.63, 3.8) is 0 Å². The van der Waals surface area contributed by atoms with Crippen LogP contribution in [0.25, 0.3) is 6.08 Å². The summed E-state index contributed by atoms with van der Waals surface area (Å²) in [6.45, 7) is 2.01. The SMILES string of the molecule is CN1CCC(N(C)C(=O)/C=C/c2ccc([N+](=O)[O-])s2)CC1. The molecule has 21 heavy (non-hydrogen) atoms. The summed E-state index contributed by atoms with van der Waals surface area (Å²) in [5.41, 5.74) is 0. The summed E-state index contributed by atoms with van der Waals surface area (Å²) in [5, 5.41) is 10.7. The molecule has 1 aromatic heterocycles. The molecule has 1 saturated heterocycles. The van der Waals surface area contributed by atoms with E-state index < -0.39 is 4.92 Å². The topological polar surface area (TPSA) is 66.7 Å². The van der Waals surface area contributed by atoms with Gasteiger partial charge >= 0.3 is 5.00 Å². The maximum Gasteiger partial charge on any atom is 0.324 e. The summed E-state index contributed by atoms with van der Waals surface area (Å²) in [6, 6.07) is 3.38. The number of carbonyl (C=O) groups excluding carboxylic acids is 1. The van der Waals surface area contributed by atoms with E-state index in [2.05, 4.69) is 11.9 Å². The zero-order valence-electron chi connectivity index (χ0n) is 12.2. The van der Waals surface area contributed by atoms with Crippen molar-refractivity contribution in [2.24, 2.45) is 0 Å². The van der Waals surface area contributed by atoms with Crippen LogP contribution in [-0.4, -0.2) is 53.9 Å². The zero-order chi connectivity index (χ0) is 15.4. The van der Waals surface area contributed by atoms with Crippen LogP contribution in [0.15, 0.2) is 18.2 Å². The van der Waals surface area contributed by atoms with Gasteiger partial charge < -0.3 is 9.80 Å². The summed E-state index contributed by atoms with van der Waals surface area (Å²) >= 11 is 1.07. The van der Waals surface area contributed by atoms with Crippen LogP contribution in [0, 0.1) is 10.1 Å². The fourth-order valence-corrected chi connectivity index (χ4v) is 3.09. The molecule has 0 bridgehead atoms. The Labute approximate surface area is 127 Å². The summed E-state index contributed by atoms with van der Waals surface area (Å²) in [4.78, 5) is 27.1. The second-order valence-corrected chi connectivity index (χ2v) is 6.34. The maximum atomic E-state index is 12.1. The number of nitro groups is 1. The Morgan fingerprint density at radius 3 is 2.71 bits per heavy atom. The quantitative estimate of drug-likeness (QED) is 0.486. The van der Waals surface area contributed by atoms with Gasteiger partial charge in [0.05, 0.1) is 4.92 Å². The average Bonchev–Trinajstić information content (AvgIpc) is 2.94. The number of nitrogens with zero attached hydrogens (tertiary/aromatic N) is 3. The molecule has 2 heterocycles. The molecule has 0 saturated carbocycles. The first-order valence-electron chi connectivity index (χ1n) is 6.85. The van der Waals surface area contributed by atoms with Crippen molar-refractivity contribution in [3.8, 4) is 0 Å². The molecular formula is C14H19N3O3S.